The summed E-state index contributed by atoms with van der Waals surface area (Å²) in [6, 6.07) is 11.7. The standard InChI is InChI=1S/C21H18Cl2N2O5/c1-12-14-9-13(22)7-8-17(14)30-20(12)21(28)29-11-19(27)25(2)10-18(26)24-16-6-4-3-5-15(16)23/h3-9H,10-11H2,1-2H3,(H,24,26). The van der Waals surface area contributed by atoms with E-state index in [0.29, 0.717) is 32.3 Å². The van der Waals surface area contributed by atoms with Crippen molar-refractivity contribution in [3.8, 4) is 0 Å². The first kappa shape index (κ1) is 21.7. The Hall–Kier alpha value is -3.03. The number of ether oxygens (including phenoxy) is 1. The van der Waals surface area contributed by atoms with Crippen molar-refractivity contribution in [3.63, 3.8) is 0 Å². The van der Waals surface area contributed by atoms with Crippen LogP contribution in [0.2, 0.25) is 10.0 Å². The number of furan rings is 1. The first-order valence-electron chi connectivity index (χ1n) is 8.90. The molecule has 0 aliphatic rings. The fourth-order valence-electron chi connectivity index (χ4n) is 2.75. The van der Waals surface area contributed by atoms with Gasteiger partial charge in [-0.2, -0.15) is 0 Å². The lowest BCUT2D eigenvalue weighted by Gasteiger charge is -2.17. The van der Waals surface area contributed by atoms with Crippen LogP contribution in [0.15, 0.2) is 46.9 Å². The molecule has 0 radical (unpaired) electrons. The number of anilines is 1. The number of aryl methyl sites for hydroxylation is 1. The second kappa shape index (κ2) is 9.19. The van der Waals surface area contributed by atoms with E-state index in [1.165, 1.54) is 7.05 Å². The van der Waals surface area contributed by atoms with Crippen molar-refractivity contribution in [3.05, 3.63) is 63.8 Å². The van der Waals surface area contributed by atoms with Gasteiger partial charge in [-0.3, -0.25) is 9.59 Å². The summed E-state index contributed by atoms with van der Waals surface area (Å²) in [7, 11) is 1.43. The fourth-order valence-corrected chi connectivity index (χ4v) is 3.10. The number of fused-ring (bicyclic) bond motifs is 1. The van der Waals surface area contributed by atoms with Crippen molar-refractivity contribution < 1.29 is 23.5 Å². The summed E-state index contributed by atoms with van der Waals surface area (Å²) in [5, 5.41) is 4.20. The molecule has 0 saturated heterocycles. The van der Waals surface area contributed by atoms with Crippen molar-refractivity contribution in [2.75, 3.05) is 25.5 Å². The molecule has 0 fully saturated rings. The molecule has 7 nitrogen and oxygen atoms in total. The minimum absolute atomic E-state index is 0.000757. The molecular weight excluding hydrogens is 431 g/mol. The molecule has 156 valence electrons. The molecule has 0 bridgehead atoms. The summed E-state index contributed by atoms with van der Waals surface area (Å²) >= 11 is 12.0. The average molecular weight is 449 g/mol. The highest BCUT2D eigenvalue weighted by Crippen LogP contribution is 2.28. The number of para-hydroxylation sites is 1. The number of hydrogen-bond donors (Lipinski definition) is 1. The summed E-state index contributed by atoms with van der Waals surface area (Å²) < 4.78 is 10.6. The molecule has 1 N–H and O–H groups in total. The number of amides is 2. The normalized spacial score (nSPS) is 10.7. The number of carbonyl (C=O) groups is 3. The van der Waals surface area contributed by atoms with E-state index in [2.05, 4.69) is 5.32 Å². The number of rotatable bonds is 6. The highest BCUT2D eigenvalue weighted by molar-refractivity contribution is 6.33. The third kappa shape index (κ3) is 4.93. The molecule has 0 atom stereocenters. The van der Waals surface area contributed by atoms with E-state index in [4.69, 9.17) is 32.4 Å². The molecule has 3 aromatic rings. The number of nitrogens with zero attached hydrogens (tertiary/aromatic N) is 1. The molecule has 1 heterocycles. The molecule has 1 aromatic heterocycles. The molecule has 30 heavy (non-hydrogen) atoms. The van der Waals surface area contributed by atoms with Crippen LogP contribution in [0.25, 0.3) is 11.0 Å². The lowest BCUT2D eigenvalue weighted by Crippen LogP contribution is -2.37. The van der Waals surface area contributed by atoms with E-state index in [-0.39, 0.29) is 12.3 Å². The van der Waals surface area contributed by atoms with Gasteiger partial charge in [-0.1, -0.05) is 35.3 Å². The summed E-state index contributed by atoms with van der Waals surface area (Å²) in [5.74, 6) is -1.76. The maximum atomic E-state index is 12.3. The van der Waals surface area contributed by atoms with Gasteiger partial charge in [-0.25, -0.2) is 4.79 Å². The van der Waals surface area contributed by atoms with E-state index in [9.17, 15) is 14.4 Å². The molecule has 0 spiro atoms. The van der Waals surface area contributed by atoms with Gasteiger partial charge in [0.05, 0.1) is 17.3 Å². The van der Waals surface area contributed by atoms with Crippen LogP contribution in [-0.2, 0) is 14.3 Å². The van der Waals surface area contributed by atoms with Crippen molar-refractivity contribution in [2.45, 2.75) is 6.92 Å². The van der Waals surface area contributed by atoms with Crippen molar-refractivity contribution >= 4 is 57.6 Å². The molecular formula is C21H18Cl2N2O5. The van der Waals surface area contributed by atoms with Gasteiger partial charge in [0.1, 0.15) is 5.58 Å². The van der Waals surface area contributed by atoms with Gasteiger partial charge in [0.15, 0.2) is 6.61 Å². The number of esters is 1. The second-order valence-electron chi connectivity index (χ2n) is 6.55. The molecule has 0 unspecified atom stereocenters. The highest BCUT2D eigenvalue weighted by Gasteiger charge is 2.22. The van der Waals surface area contributed by atoms with Crippen LogP contribution in [-0.4, -0.2) is 42.9 Å². The Balaban J connectivity index is 1.56. The molecule has 0 aliphatic carbocycles. The predicted molar refractivity (Wildman–Crippen MR) is 114 cm³/mol. The largest absolute Gasteiger partial charge is 0.450 e. The Kier molecular flexibility index (Phi) is 6.64. The SMILES string of the molecule is Cc1c(C(=O)OCC(=O)N(C)CC(=O)Nc2ccccc2Cl)oc2ccc(Cl)cc12. The number of likely N-dealkylation sites (N-methyl/N-ethyl adjacent to an activating group) is 1. The maximum Gasteiger partial charge on any atom is 0.375 e. The number of benzene rings is 2. The van der Waals surface area contributed by atoms with Crippen molar-refractivity contribution in [1.82, 2.24) is 4.90 Å². The Morgan fingerprint density at radius 2 is 1.87 bits per heavy atom. The number of nitrogens with one attached hydrogen (secondary N) is 1. The van der Waals surface area contributed by atoms with Crippen LogP contribution in [0, 0.1) is 6.92 Å². The minimum atomic E-state index is -0.776. The van der Waals surface area contributed by atoms with Gasteiger partial charge in [-0.05, 0) is 37.3 Å². The van der Waals surface area contributed by atoms with E-state index in [1.54, 1.807) is 49.4 Å². The van der Waals surface area contributed by atoms with Gasteiger partial charge in [0, 0.05) is 23.0 Å². The summed E-state index contributed by atoms with van der Waals surface area (Å²) in [6.45, 7) is 0.932. The van der Waals surface area contributed by atoms with Gasteiger partial charge in [-0.15, -0.1) is 0 Å². The van der Waals surface area contributed by atoms with E-state index >= 15 is 0 Å². The summed E-state index contributed by atoms with van der Waals surface area (Å²) in [4.78, 5) is 37.8. The first-order chi connectivity index (χ1) is 14.3. The minimum Gasteiger partial charge on any atom is -0.450 e. The monoisotopic (exact) mass is 448 g/mol. The molecule has 2 aromatic carbocycles. The number of halogens is 2. The lowest BCUT2D eigenvalue weighted by molar-refractivity contribution is -0.136. The Bertz CT molecular complexity index is 1130. The second-order valence-corrected chi connectivity index (χ2v) is 7.39. The van der Waals surface area contributed by atoms with Gasteiger partial charge in [0.25, 0.3) is 5.91 Å². The zero-order chi connectivity index (χ0) is 21.8. The highest BCUT2D eigenvalue weighted by atomic mass is 35.5. The van der Waals surface area contributed by atoms with Gasteiger partial charge < -0.3 is 19.4 Å². The zero-order valence-electron chi connectivity index (χ0n) is 16.2. The Morgan fingerprint density at radius 3 is 2.60 bits per heavy atom. The Morgan fingerprint density at radius 1 is 1.13 bits per heavy atom. The van der Waals surface area contributed by atoms with Crippen molar-refractivity contribution in [1.29, 1.82) is 0 Å². The summed E-state index contributed by atoms with van der Waals surface area (Å²) in [5.41, 5.74) is 1.50. The quantitative estimate of drug-likeness (QED) is 0.567. The molecule has 2 amide bonds. The smallest absolute Gasteiger partial charge is 0.375 e. The molecule has 0 aliphatic heterocycles. The molecule has 0 saturated carbocycles. The van der Waals surface area contributed by atoms with Crippen LogP contribution in [0.5, 0.6) is 0 Å². The van der Waals surface area contributed by atoms with E-state index < -0.39 is 24.4 Å². The molecule has 3 rings (SSSR count). The third-order valence-electron chi connectivity index (χ3n) is 4.36. The third-order valence-corrected chi connectivity index (χ3v) is 4.93. The van der Waals surface area contributed by atoms with Crippen LogP contribution in [0.3, 0.4) is 0 Å². The zero-order valence-corrected chi connectivity index (χ0v) is 17.7. The van der Waals surface area contributed by atoms with E-state index in [1.807, 2.05) is 0 Å². The number of hydrogen-bond acceptors (Lipinski definition) is 5. The topological polar surface area (TPSA) is 88.9 Å². The van der Waals surface area contributed by atoms with Crippen LogP contribution < -0.4 is 5.32 Å². The fraction of sp³-hybridized carbons (Fsp3) is 0.190. The van der Waals surface area contributed by atoms with Gasteiger partial charge >= 0.3 is 5.97 Å². The summed E-state index contributed by atoms with van der Waals surface area (Å²) in [6.07, 6.45) is 0. The predicted octanol–water partition coefficient (Wildman–Crippen LogP) is 4.30. The Labute approximate surface area is 182 Å². The first-order valence-corrected chi connectivity index (χ1v) is 9.66. The lowest BCUT2D eigenvalue weighted by atomic mass is 10.1. The number of carbonyl (C=O) groups excluding carboxylic acids is 3. The van der Waals surface area contributed by atoms with Crippen molar-refractivity contribution in [2.24, 2.45) is 0 Å². The molecule has 9 heteroatoms. The van der Waals surface area contributed by atoms with Crippen LogP contribution in [0.4, 0.5) is 5.69 Å². The van der Waals surface area contributed by atoms with Crippen LogP contribution >= 0.6 is 23.2 Å². The van der Waals surface area contributed by atoms with Crippen LogP contribution in [0.1, 0.15) is 16.1 Å². The van der Waals surface area contributed by atoms with Gasteiger partial charge in [0.2, 0.25) is 11.7 Å². The van der Waals surface area contributed by atoms with E-state index in [0.717, 1.165) is 4.90 Å². The maximum absolute atomic E-state index is 12.3. The average Bonchev–Trinajstić information content (AvgIpc) is 3.03.